The minimum atomic E-state index is 0.568. The van der Waals surface area contributed by atoms with Gasteiger partial charge in [-0.15, -0.1) is 0 Å². The Morgan fingerprint density at radius 2 is 1.07 bits per heavy atom. The van der Waals surface area contributed by atoms with Gasteiger partial charge in [0.1, 0.15) is 11.1 Å². The van der Waals surface area contributed by atoms with Gasteiger partial charge in [0.2, 0.25) is 0 Å². The second kappa shape index (κ2) is 10.2. The van der Waals surface area contributed by atoms with Crippen LogP contribution >= 0.6 is 0 Å². The molecule has 0 fully saturated rings. The lowest BCUT2D eigenvalue weighted by Gasteiger charge is -2.13. The monoisotopic (exact) mass is 576 g/mol. The van der Waals surface area contributed by atoms with Crippen LogP contribution in [0.1, 0.15) is 0 Å². The van der Waals surface area contributed by atoms with Crippen molar-refractivity contribution in [2.45, 2.75) is 0 Å². The first-order chi connectivity index (χ1) is 22.3. The van der Waals surface area contributed by atoms with Gasteiger partial charge in [0.05, 0.1) is 5.39 Å². The first-order valence-corrected chi connectivity index (χ1v) is 14.9. The summed E-state index contributed by atoms with van der Waals surface area (Å²) in [6, 6.07) is 47.6. The lowest BCUT2D eigenvalue weighted by Crippen LogP contribution is -2.01. The minimum absolute atomic E-state index is 0.568. The van der Waals surface area contributed by atoms with Crippen LogP contribution in [0.4, 0.5) is 0 Å². The van der Waals surface area contributed by atoms with E-state index in [2.05, 4.69) is 108 Å². The van der Waals surface area contributed by atoms with Crippen molar-refractivity contribution in [1.82, 2.24) is 19.9 Å². The summed E-state index contributed by atoms with van der Waals surface area (Å²) in [4.78, 5) is 20.0. The molecule has 0 aliphatic carbocycles. The zero-order chi connectivity index (χ0) is 29.7. The molecule has 5 heteroatoms. The van der Waals surface area contributed by atoms with Crippen LogP contribution in [0.15, 0.2) is 150 Å². The Kier molecular flexibility index (Phi) is 5.74. The molecule has 0 N–H and O–H groups in total. The third-order valence-corrected chi connectivity index (χ3v) is 8.39. The topological polar surface area (TPSA) is 64.7 Å². The maximum atomic E-state index is 6.17. The van der Waals surface area contributed by atoms with Crippen LogP contribution in [0.5, 0.6) is 0 Å². The van der Waals surface area contributed by atoms with Crippen molar-refractivity contribution >= 4 is 43.6 Å². The molecule has 0 aliphatic rings. The van der Waals surface area contributed by atoms with Gasteiger partial charge >= 0.3 is 0 Å². The average Bonchev–Trinajstić information content (AvgIpc) is 3.51. The van der Waals surface area contributed by atoms with E-state index in [-0.39, 0.29) is 0 Å². The van der Waals surface area contributed by atoms with E-state index in [0.29, 0.717) is 17.5 Å². The van der Waals surface area contributed by atoms with Gasteiger partial charge in [-0.05, 0) is 56.9 Å². The van der Waals surface area contributed by atoms with Gasteiger partial charge in [-0.3, -0.25) is 4.98 Å². The molecule has 0 amide bonds. The molecule has 45 heavy (non-hydrogen) atoms. The van der Waals surface area contributed by atoms with Gasteiger partial charge in [0.25, 0.3) is 0 Å². The molecule has 6 aromatic carbocycles. The number of hydrogen-bond donors (Lipinski definition) is 0. The van der Waals surface area contributed by atoms with Crippen molar-refractivity contribution in [3.8, 4) is 45.3 Å². The van der Waals surface area contributed by atoms with E-state index in [1.165, 1.54) is 5.39 Å². The fourth-order valence-corrected chi connectivity index (χ4v) is 6.25. The van der Waals surface area contributed by atoms with E-state index in [0.717, 1.165) is 66.0 Å². The predicted octanol–water partition coefficient (Wildman–Crippen LogP) is 10.1. The highest BCUT2D eigenvalue weighted by molar-refractivity contribution is 6.13. The minimum Gasteiger partial charge on any atom is -0.454 e. The number of fused-ring (bicyclic) bond motifs is 6. The van der Waals surface area contributed by atoms with E-state index in [4.69, 9.17) is 19.4 Å². The van der Waals surface area contributed by atoms with Crippen molar-refractivity contribution in [3.05, 3.63) is 146 Å². The highest BCUT2D eigenvalue weighted by Gasteiger charge is 2.19. The first kappa shape index (κ1) is 25.3. The van der Waals surface area contributed by atoms with Crippen LogP contribution in [0.25, 0.3) is 88.9 Å². The summed E-state index contributed by atoms with van der Waals surface area (Å²) in [5.74, 6) is 1.78. The van der Waals surface area contributed by atoms with Crippen LogP contribution in [-0.4, -0.2) is 19.9 Å². The van der Waals surface area contributed by atoms with Crippen LogP contribution in [0.2, 0.25) is 0 Å². The Morgan fingerprint density at radius 3 is 1.91 bits per heavy atom. The Bertz CT molecular complexity index is 2540. The fourth-order valence-electron chi connectivity index (χ4n) is 6.25. The smallest absolute Gasteiger partial charge is 0.164 e. The average molecular weight is 577 g/mol. The third kappa shape index (κ3) is 4.25. The number of aromatic nitrogens is 4. The molecular formula is C40H24N4O. The van der Waals surface area contributed by atoms with Crippen LogP contribution in [0.3, 0.4) is 0 Å². The van der Waals surface area contributed by atoms with Crippen LogP contribution in [0, 0.1) is 0 Å². The standard InChI is InChI=1S/C40H24N4O/c1-2-10-25(11-3-1)26-19-21-27(22-20-26)38-42-39(32-16-8-17-34-36(32)37-35(45-34)18-9-23-41-37)44-40(43-38)33-24-28-12-4-5-13-29(28)30-14-6-7-15-31(30)33/h1-24H. The molecule has 0 spiro atoms. The van der Waals surface area contributed by atoms with Gasteiger partial charge in [0, 0.05) is 22.9 Å². The Hall–Kier alpha value is -6.20. The Morgan fingerprint density at radius 1 is 0.422 bits per heavy atom. The highest BCUT2D eigenvalue weighted by Crippen LogP contribution is 2.38. The SMILES string of the molecule is c1ccc(-c2ccc(-c3nc(-c4cc5ccccc5c5ccccc45)nc(-c4cccc5oc6cccnc6c45)n3)cc2)cc1. The van der Waals surface area contributed by atoms with Gasteiger partial charge in [-0.25, -0.2) is 15.0 Å². The number of furan rings is 1. The molecule has 0 bridgehead atoms. The van der Waals surface area contributed by atoms with Gasteiger partial charge in [0.15, 0.2) is 23.1 Å². The molecule has 0 unspecified atom stereocenters. The summed E-state index contributed by atoms with van der Waals surface area (Å²) in [6.07, 6.45) is 1.79. The maximum absolute atomic E-state index is 6.17. The van der Waals surface area contributed by atoms with Gasteiger partial charge < -0.3 is 4.42 Å². The van der Waals surface area contributed by atoms with Crippen molar-refractivity contribution < 1.29 is 4.42 Å². The third-order valence-electron chi connectivity index (χ3n) is 8.39. The molecule has 5 nitrogen and oxygen atoms in total. The summed E-state index contributed by atoms with van der Waals surface area (Å²) >= 11 is 0. The number of rotatable bonds is 4. The zero-order valence-electron chi connectivity index (χ0n) is 24.1. The molecule has 0 saturated carbocycles. The van der Waals surface area contributed by atoms with Crippen molar-refractivity contribution in [1.29, 1.82) is 0 Å². The summed E-state index contributed by atoms with van der Waals surface area (Å²) in [5, 5.41) is 5.47. The lowest BCUT2D eigenvalue weighted by atomic mass is 9.96. The van der Waals surface area contributed by atoms with Crippen molar-refractivity contribution in [2.75, 3.05) is 0 Å². The van der Waals surface area contributed by atoms with Crippen LogP contribution < -0.4 is 0 Å². The van der Waals surface area contributed by atoms with E-state index in [1.54, 1.807) is 6.20 Å². The molecule has 0 atom stereocenters. The number of hydrogen-bond acceptors (Lipinski definition) is 5. The summed E-state index contributed by atoms with van der Waals surface area (Å²) in [7, 11) is 0. The van der Waals surface area contributed by atoms with Gasteiger partial charge in [-0.2, -0.15) is 0 Å². The highest BCUT2D eigenvalue weighted by atomic mass is 16.3. The number of pyridine rings is 1. The maximum Gasteiger partial charge on any atom is 0.164 e. The fraction of sp³-hybridized carbons (Fsp3) is 0. The van der Waals surface area contributed by atoms with E-state index in [9.17, 15) is 0 Å². The van der Waals surface area contributed by atoms with Gasteiger partial charge in [-0.1, -0.05) is 115 Å². The van der Waals surface area contributed by atoms with E-state index >= 15 is 0 Å². The van der Waals surface area contributed by atoms with E-state index in [1.807, 2.05) is 36.4 Å². The summed E-state index contributed by atoms with van der Waals surface area (Å²) < 4.78 is 6.17. The second-order valence-corrected chi connectivity index (χ2v) is 11.1. The van der Waals surface area contributed by atoms with Crippen molar-refractivity contribution in [2.24, 2.45) is 0 Å². The molecule has 0 saturated heterocycles. The molecule has 9 aromatic rings. The lowest BCUT2D eigenvalue weighted by molar-refractivity contribution is 0.668. The summed E-state index contributed by atoms with van der Waals surface area (Å²) in [5.41, 5.74) is 7.27. The Labute approximate surface area is 258 Å². The van der Waals surface area contributed by atoms with E-state index < -0.39 is 0 Å². The summed E-state index contributed by atoms with van der Waals surface area (Å²) in [6.45, 7) is 0. The molecular weight excluding hydrogens is 552 g/mol. The predicted molar refractivity (Wildman–Crippen MR) is 182 cm³/mol. The van der Waals surface area contributed by atoms with Crippen molar-refractivity contribution in [3.63, 3.8) is 0 Å². The molecule has 9 rings (SSSR count). The largest absolute Gasteiger partial charge is 0.454 e. The molecule has 0 aliphatic heterocycles. The molecule has 3 aromatic heterocycles. The Balaban J connectivity index is 1.31. The quantitative estimate of drug-likeness (QED) is 0.195. The normalized spacial score (nSPS) is 11.6. The second-order valence-electron chi connectivity index (χ2n) is 11.1. The van der Waals surface area contributed by atoms with Crippen LogP contribution in [-0.2, 0) is 0 Å². The molecule has 3 heterocycles. The number of benzene rings is 6. The zero-order valence-corrected chi connectivity index (χ0v) is 24.1. The molecule has 0 radical (unpaired) electrons. The molecule has 210 valence electrons. The first-order valence-electron chi connectivity index (χ1n) is 14.9. The number of nitrogens with zero attached hydrogens (tertiary/aromatic N) is 4.